The number of ketones is 2. The van der Waals surface area contributed by atoms with E-state index in [9.17, 15) is 18.8 Å². The molecule has 0 spiro atoms. The Morgan fingerprint density at radius 3 is 2.61 bits per heavy atom. The van der Waals surface area contributed by atoms with Crippen LogP contribution in [-0.4, -0.2) is 33.8 Å². The van der Waals surface area contributed by atoms with E-state index in [0.717, 1.165) is 6.07 Å². The quantitative estimate of drug-likeness (QED) is 0.295. The van der Waals surface area contributed by atoms with Gasteiger partial charge < -0.3 is 15.0 Å². The fourth-order valence-corrected chi connectivity index (χ4v) is 3.36. The molecule has 0 aliphatic rings. The molecule has 0 saturated heterocycles. The molecule has 2 rings (SSSR count). The Bertz CT molecular complexity index is 1140. The fraction of sp³-hybridized carbons (Fsp3) is 0.304. The molecule has 7 nitrogen and oxygen atoms in total. The van der Waals surface area contributed by atoms with Gasteiger partial charge in [0, 0.05) is 37.4 Å². The SMILES string of the molecule is [C-]#[N+]c1cc(NC(=O)c2c(C)c(C(=O)C(=O)C[C@H](C#C)CCO)c(C)n2C)ccc1F. The number of terminal acetylenes is 1. The lowest BCUT2D eigenvalue weighted by Crippen LogP contribution is -2.20. The van der Waals surface area contributed by atoms with Crippen LogP contribution in [0.25, 0.3) is 4.85 Å². The van der Waals surface area contributed by atoms with Gasteiger partial charge in [0.2, 0.25) is 17.3 Å². The standard InChI is InChI=1S/C23H22FN3O4/c1-6-15(9-10-28)11-19(29)22(30)20-13(2)21(27(5)14(20)3)23(31)26-16-7-8-17(24)18(12-16)25-4/h1,7-8,12,15,28H,9-11H2,2-3,5H3,(H,26,31)/t15-/m1/s1. The minimum Gasteiger partial charge on any atom is -0.396 e. The lowest BCUT2D eigenvalue weighted by Gasteiger charge is -2.09. The molecule has 2 N–H and O–H groups in total. The summed E-state index contributed by atoms with van der Waals surface area (Å²) in [5.41, 5.74) is 1.03. The van der Waals surface area contributed by atoms with Crippen molar-refractivity contribution in [3.8, 4) is 12.3 Å². The second-order valence-electron chi connectivity index (χ2n) is 7.06. The number of benzene rings is 1. The van der Waals surface area contributed by atoms with Crippen LogP contribution >= 0.6 is 0 Å². The molecule has 0 radical (unpaired) electrons. The van der Waals surface area contributed by atoms with Gasteiger partial charge >= 0.3 is 0 Å². The van der Waals surface area contributed by atoms with Gasteiger partial charge in [-0.25, -0.2) is 9.24 Å². The Kier molecular flexibility index (Phi) is 7.47. The number of aliphatic hydroxyl groups is 1. The van der Waals surface area contributed by atoms with Crippen LogP contribution in [0.3, 0.4) is 0 Å². The Morgan fingerprint density at radius 2 is 2.03 bits per heavy atom. The summed E-state index contributed by atoms with van der Waals surface area (Å²) in [7, 11) is 1.59. The number of aromatic nitrogens is 1. The maximum atomic E-state index is 13.5. The van der Waals surface area contributed by atoms with E-state index in [1.807, 2.05) is 0 Å². The molecule has 1 amide bonds. The zero-order chi connectivity index (χ0) is 23.3. The molecule has 0 saturated carbocycles. The van der Waals surface area contributed by atoms with Crippen molar-refractivity contribution in [3.63, 3.8) is 0 Å². The molecule has 0 fully saturated rings. The Hall–Kier alpha value is -3.75. The Morgan fingerprint density at radius 1 is 1.35 bits per heavy atom. The zero-order valence-corrected chi connectivity index (χ0v) is 17.5. The highest BCUT2D eigenvalue weighted by atomic mass is 19.1. The second kappa shape index (κ2) is 9.84. The van der Waals surface area contributed by atoms with Gasteiger partial charge in [0.1, 0.15) is 11.5 Å². The van der Waals surface area contributed by atoms with E-state index >= 15 is 0 Å². The number of Topliss-reactive ketones (excluding diaryl/α,β-unsaturated/α-hetero) is 2. The third-order valence-corrected chi connectivity index (χ3v) is 5.10. The van der Waals surface area contributed by atoms with E-state index in [1.165, 1.54) is 16.7 Å². The number of hydrogen-bond donors (Lipinski definition) is 2. The fourth-order valence-electron chi connectivity index (χ4n) is 3.36. The first-order valence-corrected chi connectivity index (χ1v) is 9.44. The topological polar surface area (TPSA) is 92.8 Å². The maximum absolute atomic E-state index is 13.5. The monoisotopic (exact) mass is 423 g/mol. The van der Waals surface area contributed by atoms with E-state index in [1.54, 1.807) is 20.9 Å². The number of carbonyl (C=O) groups excluding carboxylic acids is 3. The van der Waals surface area contributed by atoms with Gasteiger partial charge in [0.05, 0.1) is 12.1 Å². The van der Waals surface area contributed by atoms with E-state index in [0.29, 0.717) is 11.3 Å². The van der Waals surface area contributed by atoms with Gasteiger partial charge in [-0.15, -0.1) is 12.3 Å². The molecule has 8 heteroatoms. The Balaban J connectivity index is 2.34. The third-order valence-electron chi connectivity index (χ3n) is 5.10. The summed E-state index contributed by atoms with van der Waals surface area (Å²) in [5, 5.41) is 11.6. The summed E-state index contributed by atoms with van der Waals surface area (Å²) in [4.78, 5) is 41.2. The van der Waals surface area contributed by atoms with E-state index in [2.05, 4.69) is 16.1 Å². The predicted molar refractivity (Wildman–Crippen MR) is 113 cm³/mol. The van der Waals surface area contributed by atoms with Gasteiger partial charge in [-0.2, -0.15) is 0 Å². The number of amides is 1. The largest absolute Gasteiger partial charge is 0.396 e. The van der Waals surface area contributed by atoms with Crippen molar-refractivity contribution >= 4 is 28.8 Å². The van der Waals surface area contributed by atoms with Gasteiger partial charge in [-0.1, -0.05) is 0 Å². The van der Waals surface area contributed by atoms with Crippen molar-refractivity contribution in [2.75, 3.05) is 11.9 Å². The van der Waals surface area contributed by atoms with Crippen LogP contribution in [-0.2, 0) is 11.8 Å². The van der Waals surface area contributed by atoms with Crippen LogP contribution in [0.2, 0.25) is 0 Å². The molecular formula is C23H22FN3O4. The molecule has 2 aromatic rings. The predicted octanol–water partition coefficient (Wildman–Crippen LogP) is 3.36. The van der Waals surface area contributed by atoms with E-state index in [4.69, 9.17) is 18.1 Å². The van der Waals surface area contributed by atoms with Crippen LogP contribution in [0.1, 0.15) is 44.9 Å². The first kappa shape index (κ1) is 23.5. The molecular weight excluding hydrogens is 401 g/mol. The summed E-state index contributed by atoms with van der Waals surface area (Å²) >= 11 is 0. The summed E-state index contributed by atoms with van der Waals surface area (Å²) in [5.74, 6) is -0.869. The molecule has 1 heterocycles. The van der Waals surface area contributed by atoms with Gasteiger partial charge in [0.15, 0.2) is 0 Å². The average Bonchev–Trinajstić information content (AvgIpc) is 2.96. The second-order valence-corrected chi connectivity index (χ2v) is 7.06. The highest BCUT2D eigenvalue weighted by molar-refractivity contribution is 6.44. The summed E-state index contributed by atoms with van der Waals surface area (Å²) in [6.45, 7) is 9.96. The minimum atomic E-state index is -0.750. The molecule has 0 aliphatic heterocycles. The smallest absolute Gasteiger partial charge is 0.272 e. The van der Waals surface area contributed by atoms with Crippen molar-refractivity contribution in [1.82, 2.24) is 4.57 Å². The van der Waals surface area contributed by atoms with Crippen molar-refractivity contribution in [1.29, 1.82) is 0 Å². The molecule has 1 aromatic carbocycles. The number of halogens is 1. The first-order chi connectivity index (χ1) is 14.7. The van der Waals surface area contributed by atoms with Crippen LogP contribution in [0.4, 0.5) is 15.8 Å². The summed E-state index contributed by atoms with van der Waals surface area (Å²) < 4.78 is 15.0. The van der Waals surface area contributed by atoms with Gasteiger partial charge in [0.25, 0.3) is 5.91 Å². The van der Waals surface area contributed by atoms with Gasteiger partial charge in [-0.3, -0.25) is 14.4 Å². The van der Waals surface area contributed by atoms with Crippen molar-refractivity contribution < 1.29 is 23.9 Å². The molecule has 0 bridgehead atoms. The molecule has 0 unspecified atom stereocenters. The molecule has 0 aliphatic carbocycles. The highest BCUT2D eigenvalue weighted by Crippen LogP contribution is 2.26. The van der Waals surface area contributed by atoms with Crippen LogP contribution in [0, 0.1) is 44.5 Å². The number of anilines is 1. The van der Waals surface area contributed by atoms with E-state index < -0.39 is 29.2 Å². The number of hydrogen-bond acceptors (Lipinski definition) is 4. The zero-order valence-electron chi connectivity index (χ0n) is 17.5. The van der Waals surface area contributed by atoms with Crippen molar-refractivity contribution in [2.24, 2.45) is 13.0 Å². The number of rotatable bonds is 8. The minimum absolute atomic E-state index is 0.123. The third kappa shape index (κ3) is 4.88. The normalized spacial score (nSPS) is 11.3. The van der Waals surface area contributed by atoms with Crippen LogP contribution in [0.15, 0.2) is 18.2 Å². The average molecular weight is 423 g/mol. The maximum Gasteiger partial charge on any atom is 0.272 e. The van der Waals surface area contributed by atoms with E-state index in [-0.39, 0.29) is 42.1 Å². The van der Waals surface area contributed by atoms with Gasteiger partial charge in [-0.05, 0) is 44.0 Å². The molecule has 1 aromatic heterocycles. The molecule has 160 valence electrons. The summed E-state index contributed by atoms with van der Waals surface area (Å²) in [6, 6.07) is 3.61. The Labute approximate surface area is 179 Å². The number of nitrogens with one attached hydrogen (secondary N) is 1. The first-order valence-electron chi connectivity index (χ1n) is 9.44. The number of aliphatic hydroxyl groups excluding tert-OH is 1. The lowest BCUT2D eigenvalue weighted by molar-refractivity contribution is -0.115. The number of carbonyl (C=O) groups is 3. The molecule has 31 heavy (non-hydrogen) atoms. The van der Waals surface area contributed by atoms with Crippen molar-refractivity contribution in [3.05, 3.63) is 57.9 Å². The van der Waals surface area contributed by atoms with Crippen LogP contribution in [0.5, 0.6) is 0 Å². The van der Waals surface area contributed by atoms with Crippen molar-refractivity contribution in [2.45, 2.75) is 26.7 Å². The lowest BCUT2D eigenvalue weighted by atomic mass is 9.94. The number of nitrogens with zero attached hydrogens (tertiary/aromatic N) is 2. The van der Waals surface area contributed by atoms with Crippen LogP contribution < -0.4 is 5.32 Å². The highest BCUT2D eigenvalue weighted by Gasteiger charge is 2.29. The summed E-state index contributed by atoms with van der Waals surface area (Å²) in [6.07, 6.45) is 5.37. The molecule has 1 atom stereocenters.